The van der Waals surface area contributed by atoms with Gasteiger partial charge in [-0.1, -0.05) is 50.5 Å². The molecule has 0 saturated carbocycles. The van der Waals surface area contributed by atoms with E-state index in [4.69, 9.17) is 0 Å². The number of unbranched alkanes of at least 4 members (excludes halogenated alkanes) is 3. The molecule has 0 fully saturated rings. The molecule has 182 valence electrons. The van der Waals surface area contributed by atoms with Gasteiger partial charge in [0.15, 0.2) is 6.23 Å². The van der Waals surface area contributed by atoms with Crippen LogP contribution in [-0.4, -0.2) is 24.4 Å². The average molecular weight is 475 g/mol. The van der Waals surface area contributed by atoms with Crippen LogP contribution in [0, 0.1) is 0 Å². The lowest BCUT2D eigenvalue weighted by Gasteiger charge is -2.24. The molecule has 1 unspecified atom stereocenters. The minimum Gasteiger partial charge on any atom is -0.507 e. The minimum atomic E-state index is -1.60. The number of aromatic nitrogens is 3. The number of pyridine rings is 1. The Morgan fingerprint density at radius 1 is 1.03 bits per heavy atom. The van der Waals surface area contributed by atoms with Crippen molar-refractivity contribution in [2.45, 2.75) is 64.6 Å². The monoisotopic (exact) mass is 474 g/mol. The molecule has 0 spiro atoms. The number of aromatic hydroxyl groups is 1. The van der Waals surface area contributed by atoms with E-state index in [0.29, 0.717) is 40.6 Å². The molecule has 0 saturated heterocycles. The number of fused-ring (bicyclic) bond motifs is 1. The molecule has 8 nitrogen and oxygen atoms in total. The molecule has 4 aromatic rings. The summed E-state index contributed by atoms with van der Waals surface area (Å²) in [5.41, 5.74) is 4.08. The molecule has 0 amide bonds. The van der Waals surface area contributed by atoms with Crippen LogP contribution in [0.2, 0.25) is 0 Å². The highest BCUT2D eigenvalue weighted by atomic mass is 16.3. The van der Waals surface area contributed by atoms with Crippen LogP contribution in [0.25, 0.3) is 21.8 Å². The Morgan fingerprint density at radius 3 is 2.66 bits per heavy atom. The normalized spacial score (nSPS) is 13.9. The number of nitrogens with zero attached hydrogens (tertiary/aromatic N) is 3. The summed E-state index contributed by atoms with van der Waals surface area (Å²) in [6.45, 7) is 2.64. The lowest BCUT2D eigenvalue weighted by atomic mass is 9.99. The van der Waals surface area contributed by atoms with Gasteiger partial charge in [-0.05, 0) is 43.0 Å². The summed E-state index contributed by atoms with van der Waals surface area (Å²) in [6.07, 6.45) is 4.58. The highest BCUT2D eigenvalue weighted by Crippen LogP contribution is 2.33. The lowest BCUT2D eigenvalue weighted by molar-refractivity contribution is 0.183. The number of nitrogens with one attached hydrogen (secondary N) is 1. The topological polar surface area (TPSA) is 109 Å². The SMILES string of the molecule is CCCCCCc1nc2ccccc2c(=O)n1NC(O)c1c(O)c2cccc3c2n(c1=O)CCC3. The maximum Gasteiger partial charge on any atom is 0.280 e. The van der Waals surface area contributed by atoms with Gasteiger partial charge in [0.25, 0.3) is 11.1 Å². The van der Waals surface area contributed by atoms with Crippen molar-refractivity contribution in [3.63, 3.8) is 0 Å². The number of aryl methyl sites for hydroxylation is 3. The van der Waals surface area contributed by atoms with E-state index in [1.54, 1.807) is 28.8 Å². The Kier molecular flexibility index (Phi) is 6.30. The summed E-state index contributed by atoms with van der Waals surface area (Å²) in [7, 11) is 0. The largest absolute Gasteiger partial charge is 0.507 e. The molecular weight excluding hydrogens is 444 g/mol. The van der Waals surface area contributed by atoms with Crippen molar-refractivity contribution >= 4 is 21.8 Å². The fraction of sp³-hybridized carbons (Fsp3) is 0.370. The van der Waals surface area contributed by atoms with E-state index in [0.717, 1.165) is 44.1 Å². The van der Waals surface area contributed by atoms with E-state index in [1.165, 1.54) is 4.68 Å². The second-order valence-corrected chi connectivity index (χ2v) is 9.16. The standard InChI is InChI=1S/C27H30N4O4/c1-2-3-4-5-15-21-28-20-14-7-6-12-18(20)26(34)31(21)29-25(33)22-24(32)19-13-8-10-17-11-9-16-30(23(17)19)27(22)35/h6-8,10,12-14,25,29,32-33H,2-5,9,11,15-16H2,1H3. The molecule has 2 aromatic heterocycles. The van der Waals surface area contributed by atoms with Gasteiger partial charge < -0.3 is 14.8 Å². The zero-order valence-corrected chi connectivity index (χ0v) is 19.8. The third-order valence-corrected chi connectivity index (χ3v) is 6.83. The van der Waals surface area contributed by atoms with Gasteiger partial charge >= 0.3 is 0 Å². The van der Waals surface area contributed by atoms with Crippen molar-refractivity contribution in [3.05, 3.63) is 80.1 Å². The van der Waals surface area contributed by atoms with Crippen LogP contribution in [-0.2, 0) is 19.4 Å². The maximum atomic E-state index is 13.4. The van der Waals surface area contributed by atoms with Gasteiger partial charge in [0.05, 0.1) is 16.4 Å². The summed E-state index contributed by atoms with van der Waals surface area (Å²) < 4.78 is 2.84. The van der Waals surface area contributed by atoms with E-state index < -0.39 is 11.8 Å². The van der Waals surface area contributed by atoms with Crippen molar-refractivity contribution in [2.75, 3.05) is 5.43 Å². The van der Waals surface area contributed by atoms with E-state index in [2.05, 4.69) is 17.3 Å². The first kappa shape index (κ1) is 23.1. The number of benzene rings is 2. The summed E-state index contributed by atoms with van der Waals surface area (Å²) in [6, 6.07) is 12.6. The van der Waals surface area contributed by atoms with E-state index in [1.807, 2.05) is 18.2 Å². The van der Waals surface area contributed by atoms with Crippen molar-refractivity contribution < 1.29 is 10.2 Å². The van der Waals surface area contributed by atoms with Crippen LogP contribution < -0.4 is 16.5 Å². The summed E-state index contributed by atoms with van der Waals surface area (Å²) in [5, 5.41) is 23.1. The quantitative estimate of drug-likeness (QED) is 0.265. The van der Waals surface area contributed by atoms with Crippen molar-refractivity contribution in [3.8, 4) is 5.75 Å². The molecule has 5 rings (SSSR count). The van der Waals surface area contributed by atoms with Crippen LogP contribution in [0.5, 0.6) is 5.75 Å². The molecule has 3 N–H and O–H groups in total. The van der Waals surface area contributed by atoms with E-state index in [-0.39, 0.29) is 16.9 Å². The molecule has 8 heteroatoms. The molecule has 35 heavy (non-hydrogen) atoms. The zero-order chi connectivity index (χ0) is 24.5. The Labute approximate surface area is 202 Å². The molecule has 1 aliphatic heterocycles. The molecule has 1 aliphatic rings. The van der Waals surface area contributed by atoms with Crippen molar-refractivity contribution in [1.29, 1.82) is 0 Å². The first-order valence-corrected chi connectivity index (χ1v) is 12.3. The minimum absolute atomic E-state index is 0.173. The van der Waals surface area contributed by atoms with Gasteiger partial charge in [0.2, 0.25) is 0 Å². The predicted octanol–water partition coefficient (Wildman–Crippen LogP) is 3.72. The Balaban J connectivity index is 1.60. The Bertz CT molecular complexity index is 1520. The lowest BCUT2D eigenvalue weighted by Crippen LogP contribution is -2.38. The van der Waals surface area contributed by atoms with Crippen molar-refractivity contribution in [1.82, 2.24) is 14.2 Å². The first-order valence-electron chi connectivity index (χ1n) is 12.3. The number of aliphatic hydroxyl groups is 1. The summed E-state index contributed by atoms with van der Waals surface area (Å²) in [5.74, 6) is 0.212. The smallest absolute Gasteiger partial charge is 0.280 e. The second kappa shape index (κ2) is 9.54. The Hall–Kier alpha value is -3.65. The molecule has 0 aliphatic carbocycles. The molecule has 0 bridgehead atoms. The maximum absolute atomic E-state index is 13.4. The first-order chi connectivity index (χ1) is 17.0. The Morgan fingerprint density at radius 2 is 1.83 bits per heavy atom. The van der Waals surface area contributed by atoms with Gasteiger partial charge in [-0.15, -0.1) is 0 Å². The van der Waals surface area contributed by atoms with Gasteiger partial charge in [0, 0.05) is 18.4 Å². The van der Waals surface area contributed by atoms with Gasteiger partial charge in [0.1, 0.15) is 17.1 Å². The predicted molar refractivity (Wildman–Crippen MR) is 136 cm³/mol. The van der Waals surface area contributed by atoms with Crippen LogP contribution in [0.3, 0.4) is 0 Å². The highest BCUT2D eigenvalue weighted by Gasteiger charge is 2.26. The molecule has 0 radical (unpaired) electrons. The fourth-order valence-corrected chi connectivity index (χ4v) is 5.06. The molecule has 1 atom stereocenters. The van der Waals surface area contributed by atoms with E-state index >= 15 is 0 Å². The van der Waals surface area contributed by atoms with Crippen LogP contribution in [0.15, 0.2) is 52.1 Å². The number of hydrogen-bond donors (Lipinski definition) is 3. The fourth-order valence-electron chi connectivity index (χ4n) is 5.06. The van der Waals surface area contributed by atoms with Crippen LogP contribution >= 0.6 is 0 Å². The molecular formula is C27H30N4O4. The third-order valence-electron chi connectivity index (χ3n) is 6.83. The number of para-hydroxylation sites is 2. The van der Waals surface area contributed by atoms with Gasteiger partial charge in [-0.3, -0.25) is 15.0 Å². The van der Waals surface area contributed by atoms with Crippen LogP contribution in [0.4, 0.5) is 0 Å². The number of hydrogen-bond acceptors (Lipinski definition) is 6. The molecule has 2 aromatic carbocycles. The van der Waals surface area contributed by atoms with Crippen LogP contribution in [0.1, 0.15) is 62.2 Å². The number of rotatable bonds is 8. The number of aliphatic hydroxyl groups excluding tert-OH is 1. The van der Waals surface area contributed by atoms with Gasteiger partial charge in [-0.2, -0.15) is 0 Å². The summed E-state index contributed by atoms with van der Waals surface area (Å²) in [4.78, 5) is 31.4. The average Bonchev–Trinajstić information content (AvgIpc) is 2.87. The van der Waals surface area contributed by atoms with Crippen molar-refractivity contribution in [2.24, 2.45) is 0 Å². The zero-order valence-electron chi connectivity index (χ0n) is 19.8. The van der Waals surface area contributed by atoms with E-state index in [9.17, 15) is 19.8 Å². The molecule has 3 heterocycles. The third kappa shape index (κ3) is 4.08. The highest BCUT2D eigenvalue weighted by molar-refractivity contribution is 5.89. The second-order valence-electron chi connectivity index (χ2n) is 9.16. The van der Waals surface area contributed by atoms with Gasteiger partial charge in [-0.25, -0.2) is 9.66 Å². The summed E-state index contributed by atoms with van der Waals surface area (Å²) >= 11 is 0.